The first kappa shape index (κ1) is 14.9. The minimum absolute atomic E-state index is 0.474. The summed E-state index contributed by atoms with van der Waals surface area (Å²) in [7, 11) is 1.88. The molecule has 4 heteroatoms. The predicted octanol–water partition coefficient (Wildman–Crippen LogP) is 4.63. The van der Waals surface area contributed by atoms with E-state index in [-0.39, 0.29) is 0 Å². The van der Waals surface area contributed by atoms with Crippen molar-refractivity contribution in [3.8, 4) is 5.75 Å². The molecular formula is C16H15Cl2NO. The normalized spacial score (nSPS) is 11.4. The van der Waals surface area contributed by atoms with Gasteiger partial charge in [0, 0.05) is 12.1 Å². The number of nitrogens with one attached hydrogen (secondary N) is 1. The molecule has 2 aromatic carbocycles. The van der Waals surface area contributed by atoms with E-state index in [0.29, 0.717) is 22.3 Å². The molecule has 0 fully saturated rings. The van der Waals surface area contributed by atoms with Crippen LogP contribution in [0.15, 0.2) is 54.6 Å². The van der Waals surface area contributed by atoms with Gasteiger partial charge < -0.3 is 10.1 Å². The van der Waals surface area contributed by atoms with Crippen LogP contribution in [0, 0.1) is 0 Å². The highest BCUT2D eigenvalue weighted by molar-refractivity contribution is 6.37. The van der Waals surface area contributed by atoms with E-state index >= 15 is 0 Å². The molecule has 0 aliphatic rings. The maximum Gasteiger partial charge on any atom is 0.164 e. The molecule has 0 aromatic heterocycles. The summed E-state index contributed by atoms with van der Waals surface area (Å²) >= 11 is 12.3. The minimum atomic E-state index is 0.474. The van der Waals surface area contributed by atoms with Crippen LogP contribution < -0.4 is 10.1 Å². The average molecular weight is 308 g/mol. The summed E-state index contributed by atoms with van der Waals surface area (Å²) in [5.74, 6) is 1.19. The smallest absolute Gasteiger partial charge is 0.164 e. The molecule has 0 atom stereocenters. The molecule has 0 saturated carbocycles. The van der Waals surface area contributed by atoms with Crippen molar-refractivity contribution in [3.05, 3.63) is 70.2 Å². The van der Waals surface area contributed by atoms with Crippen LogP contribution in [0.1, 0.15) is 5.56 Å². The molecule has 0 aliphatic heterocycles. The second-order valence-corrected chi connectivity index (χ2v) is 4.96. The molecule has 0 unspecified atom stereocenters. The summed E-state index contributed by atoms with van der Waals surface area (Å²) in [4.78, 5) is 0. The molecule has 0 heterocycles. The third-order valence-electron chi connectivity index (χ3n) is 2.68. The summed E-state index contributed by atoms with van der Waals surface area (Å²) in [5, 5.41) is 4.04. The molecule has 2 aromatic rings. The zero-order valence-corrected chi connectivity index (χ0v) is 12.6. The maximum atomic E-state index is 6.14. The van der Waals surface area contributed by atoms with Gasteiger partial charge in [-0.25, -0.2) is 0 Å². The van der Waals surface area contributed by atoms with Crippen LogP contribution in [-0.2, 0) is 0 Å². The van der Waals surface area contributed by atoms with Gasteiger partial charge in [-0.2, -0.15) is 0 Å². The van der Waals surface area contributed by atoms with Gasteiger partial charge in [0.1, 0.15) is 5.76 Å². The number of benzene rings is 2. The van der Waals surface area contributed by atoms with Gasteiger partial charge in [0.05, 0.1) is 10.0 Å². The molecule has 20 heavy (non-hydrogen) atoms. The lowest BCUT2D eigenvalue weighted by Crippen LogP contribution is -2.07. The van der Waals surface area contributed by atoms with Crippen molar-refractivity contribution in [2.45, 2.75) is 0 Å². The minimum Gasteiger partial charge on any atom is -0.454 e. The Kier molecular flexibility index (Phi) is 5.48. The van der Waals surface area contributed by atoms with E-state index in [2.05, 4.69) is 5.32 Å². The molecule has 2 nitrogen and oxygen atoms in total. The van der Waals surface area contributed by atoms with Gasteiger partial charge in [0.25, 0.3) is 0 Å². The van der Waals surface area contributed by atoms with Crippen molar-refractivity contribution in [1.82, 2.24) is 5.32 Å². The zero-order valence-electron chi connectivity index (χ0n) is 11.1. The van der Waals surface area contributed by atoms with Gasteiger partial charge in [-0.05, 0) is 25.3 Å². The summed E-state index contributed by atoms with van der Waals surface area (Å²) < 4.78 is 5.92. The Morgan fingerprint density at radius 2 is 1.70 bits per heavy atom. The molecule has 104 valence electrons. The van der Waals surface area contributed by atoms with E-state index in [1.54, 1.807) is 18.2 Å². The first-order chi connectivity index (χ1) is 9.72. The lowest BCUT2D eigenvalue weighted by molar-refractivity contribution is 0.513. The summed E-state index contributed by atoms with van der Waals surface area (Å²) in [6.45, 7) is 0.687. The Morgan fingerprint density at radius 3 is 2.30 bits per heavy atom. The maximum absolute atomic E-state index is 6.14. The lowest BCUT2D eigenvalue weighted by atomic mass is 10.2. The number of para-hydroxylation sites is 1. The number of rotatable bonds is 5. The van der Waals surface area contributed by atoms with Crippen LogP contribution in [0.4, 0.5) is 0 Å². The SMILES string of the molecule is CNC/C=C(/Oc1c(Cl)cccc1Cl)c1ccccc1. The van der Waals surface area contributed by atoms with Gasteiger partial charge >= 0.3 is 0 Å². The van der Waals surface area contributed by atoms with Gasteiger partial charge in [0.15, 0.2) is 5.75 Å². The molecular weight excluding hydrogens is 293 g/mol. The van der Waals surface area contributed by atoms with Crippen LogP contribution in [0.2, 0.25) is 10.0 Å². The van der Waals surface area contributed by atoms with Gasteiger partial charge in [-0.15, -0.1) is 0 Å². The van der Waals surface area contributed by atoms with E-state index < -0.39 is 0 Å². The van der Waals surface area contributed by atoms with Crippen molar-refractivity contribution in [2.24, 2.45) is 0 Å². The van der Waals surface area contributed by atoms with Gasteiger partial charge in [-0.1, -0.05) is 59.6 Å². The Balaban J connectivity index is 2.34. The fourth-order valence-corrected chi connectivity index (χ4v) is 2.18. The van der Waals surface area contributed by atoms with Gasteiger partial charge in [0.2, 0.25) is 0 Å². The monoisotopic (exact) mass is 307 g/mol. The fourth-order valence-electron chi connectivity index (χ4n) is 1.71. The van der Waals surface area contributed by atoms with E-state index in [1.807, 2.05) is 43.5 Å². The third-order valence-corrected chi connectivity index (χ3v) is 3.28. The molecule has 0 saturated heterocycles. The second kappa shape index (κ2) is 7.34. The first-order valence-corrected chi connectivity index (χ1v) is 7.00. The lowest BCUT2D eigenvalue weighted by Gasteiger charge is -2.13. The van der Waals surface area contributed by atoms with Crippen LogP contribution in [0.5, 0.6) is 5.75 Å². The number of halogens is 2. The molecule has 1 N–H and O–H groups in total. The van der Waals surface area contributed by atoms with E-state index in [9.17, 15) is 0 Å². The topological polar surface area (TPSA) is 21.3 Å². The van der Waals surface area contributed by atoms with Crippen molar-refractivity contribution < 1.29 is 4.74 Å². The van der Waals surface area contributed by atoms with Crippen LogP contribution >= 0.6 is 23.2 Å². The highest BCUT2D eigenvalue weighted by Crippen LogP contribution is 2.35. The van der Waals surface area contributed by atoms with Crippen molar-refractivity contribution in [3.63, 3.8) is 0 Å². The van der Waals surface area contributed by atoms with Gasteiger partial charge in [-0.3, -0.25) is 0 Å². The third kappa shape index (κ3) is 3.76. The molecule has 2 rings (SSSR count). The fraction of sp³-hybridized carbons (Fsp3) is 0.125. The molecule has 0 amide bonds. The highest BCUT2D eigenvalue weighted by atomic mass is 35.5. The largest absolute Gasteiger partial charge is 0.454 e. The molecule has 0 radical (unpaired) electrons. The zero-order chi connectivity index (χ0) is 14.4. The number of hydrogen-bond acceptors (Lipinski definition) is 2. The van der Waals surface area contributed by atoms with Crippen LogP contribution in [0.25, 0.3) is 5.76 Å². The Labute approximate surface area is 129 Å². The molecule has 0 aliphatic carbocycles. The number of likely N-dealkylation sites (N-methyl/N-ethyl adjacent to an activating group) is 1. The Morgan fingerprint density at radius 1 is 1.05 bits per heavy atom. The predicted molar refractivity (Wildman–Crippen MR) is 85.4 cm³/mol. The van der Waals surface area contributed by atoms with E-state index in [1.165, 1.54) is 0 Å². The number of hydrogen-bond donors (Lipinski definition) is 1. The quantitative estimate of drug-likeness (QED) is 0.813. The number of ether oxygens (including phenoxy) is 1. The average Bonchev–Trinajstić information content (AvgIpc) is 2.47. The summed E-state index contributed by atoms with van der Waals surface area (Å²) in [5.41, 5.74) is 0.971. The van der Waals surface area contributed by atoms with Crippen LogP contribution in [0.3, 0.4) is 0 Å². The summed E-state index contributed by atoms with van der Waals surface area (Å²) in [6.07, 6.45) is 1.95. The Hall–Kier alpha value is -1.48. The van der Waals surface area contributed by atoms with E-state index in [0.717, 1.165) is 11.3 Å². The Bertz CT molecular complexity index is 576. The molecule has 0 bridgehead atoms. The standard InChI is InChI=1S/C16H15Cl2NO/c1-19-11-10-15(12-6-3-2-4-7-12)20-16-13(17)8-5-9-14(16)18/h2-10,19H,11H2,1H3/b15-10+. The molecule has 0 spiro atoms. The highest BCUT2D eigenvalue weighted by Gasteiger charge is 2.10. The summed E-state index contributed by atoms with van der Waals surface area (Å²) in [6, 6.07) is 15.1. The van der Waals surface area contributed by atoms with E-state index in [4.69, 9.17) is 27.9 Å². The van der Waals surface area contributed by atoms with Crippen molar-refractivity contribution >= 4 is 29.0 Å². The van der Waals surface area contributed by atoms with Crippen molar-refractivity contribution in [1.29, 1.82) is 0 Å². The van der Waals surface area contributed by atoms with Crippen molar-refractivity contribution in [2.75, 3.05) is 13.6 Å². The second-order valence-electron chi connectivity index (χ2n) is 4.14. The van der Waals surface area contributed by atoms with Crippen LogP contribution in [-0.4, -0.2) is 13.6 Å². The first-order valence-electron chi connectivity index (χ1n) is 6.24.